The smallest absolute Gasteiger partial charge is 0.373 e. The van der Waals surface area contributed by atoms with Crippen molar-refractivity contribution in [3.05, 3.63) is 0 Å². The zero-order chi connectivity index (χ0) is 10.8. The van der Waals surface area contributed by atoms with Crippen molar-refractivity contribution in [1.82, 2.24) is 0 Å². The molecule has 0 aromatic rings. The Kier molecular flexibility index (Phi) is 3.03. The zero-order valence-electron chi connectivity index (χ0n) is 8.21. The number of rotatable bonds is 6. The molecule has 0 unspecified atom stereocenters. The van der Waals surface area contributed by atoms with E-state index in [1.807, 2.05) is 6.92 Å². The monoisotopic (exact) mass is 198 g/mol. The van der Waals surface area contributed by atoms with Gasteiger partial charge in [-0.1, -0.05) is 13.3 Å². The van der Waals surface area contributed by atoms with Crippen molar-refractivity contribution >= 4 is 17.5 Å². The van der Waals surface area contributed by atoms with Crippen LogP contribution >= 0.6 is 0 Å². The molecule has 4 heteroatoms. The van der Waals surface area contributed by atoms with Crippen molar-refractivity contribution < 1.29 is 19.5 Å². The first kappa shape index (κ1) is 10.9. The third-order valence-corrected chi connectivity index (χ3v) is 2.67. The van der Waals surface area contributed by atoms with E-state index in [4.69, 9.17) is 5.11 Å². The molecule has 0 bridgehead atoms. The minimum absolute atomic E-state index is 0.188. The van der Waals surface area contributed by atoms with Crippen LogP contribution in [0.1, 0.15) is 39.0 Å². The first-order chi connectivity index (χ1) is 6.54. The standard InChI is InChI=1S/C10H14O4/c1-2-3-4-7(11)10(5-6-10)8(12)9(13)14/h2-6H2,1H3,(H,13,14). The lowest BCUT2D eigenvalue weighted by molar-refractivity contribution is -0.154. The third-order valence-electron chi connectivity index (χ3n) is 2.67. The highest BCUT2D eigenvalue weighted by molar-refractivity contribution is 6.40. The Morgan fingerprint density at radius 2 is 1.86 bits per heavy atom. The van der Waals surface area contributed by atoms with Crippen molar-refractivity contribution in [2.24, 2.45) is 5.41 Å². The Labute approximate surface area is 82.3 Å². The molecule has 1 aliphatic rings. The van der Waals surface area contributed by atoms with Gasteiger partial charge in [-0.25, -0.2) is 4.79 Å². The summed E-state index contributed by atoms with van der Waals surface area (Å²) < 4.78 is 0. The van der Waals surface area contributed by atoms with Gasteiger partial charge >= 0.3 is 5.97 Å². The fourth-order valence-corrected chi connectivity index (χ4v) is 1.54. The lowest BCUT2D eigenvalue weighted by Crippen LogP contribution is -2.31. The molecule has 1 aliphatic carbocycles. The summed E-state index contributed by atoms with van der Waals surface area (Å²) in [6.07, 6.45) is 2.77. The SMILES string of the molecule is CCCCC(=O)C1(C(=O)C(=O)O)CC1. The Balaban J connectivity index is 2.62. The Morgan fingerprint density at radius 1 is 1.29 bits per heavy atom. The van der Waals surface area contributed by atoms with Crippen LogP contribution < -0.4 is 0 Å². The molecular formula is C10H14O4. The maximum absolute atomic E-state index is 11.5. The van der Waals surface area contributed by atoms with Gasteiger partial charge in [0.15, 0.2) is 0 Å². The van der Waals surface area contributed by atoms with E-state index >= 15 is 0 Å². The molecular weight excluding hydrogens is 184 g/mol. The largest absolute Gasteiger partial charge is 0.475 e. The number of hydrogen-bond donors (Lipinski definition) is 1. The molecule has 4 nitrogen and oxygen atoms in total. The van der Waals surface area contributed by atoms with Crippen LogP contribution in [0.5, 0.6) is 0 Å². The topological polar surface area (TPSA) is 71.4 Å². The lowest BCUT2D eigenvalue weighted by atomic mass is 9.92. The number of carboxylic acids is 1. The molecule has 0 atom stereocenters. The minimum atomic E-state index is -1.48. The van der Waals surface area contributed by atoms with Gasteiger partial charge in [0.2, 0.25) is 0 Å². The maximum Gasteiger partial charge on any atom is 0.373 e. The number of unbranched alkanes of at least 4 members (excludes halogenated alkanes) is 1. The Morgan fingerprint density at radius 3 is 2.21 bits per heavy atom. The highest BCUT2D eigenvalue weighted by Crippen LogP contribution is 2.48. The van der Waals surface area contributed by atoms with Crippen molar-refractivity contribution in [2.45, 2.75) is 39.0 Å². The van der Waals surface area contributed by atoms with Crippen LogP contribution in [0, 0.1) is 5.41 Å². The molecule has 1 saturated carbocycles. The van der Waals surface area contributed by atoms with Crippen molar-refractivity contribution in [2.75, 3.05) is 0 Å². The Bertz CT molecular complexity index is 276. The fourth-order valence-electron chi connectivity index (χ4n) is 1.54. The van der Waals surface area contributed by atoms with E-state index in [0.717, 1.165) is 12.8 Å². The van der Waals surface area contributed by atoms with Crippen molar-refractivity contribution in [1.29, 1.82) is 0 Å². The van der Waals surface area contributed by atoms with Gasteiger partial charge in [-0.2, -0.15) is 0 Å². The Hall–Kier alpha value is -1.19. The molecule has 0 aromatic carbocycles. The van der Waals surface area contributed by atoms with E-state index in [0.29, 0.717) is 19.3 Å². The number of carboxylic acid groups (broad SMARTS) is 1. The van der Waals surface area contributed by atoms with E-state index in [9.17, 15) is 14.4 Å². The molecule has 0 spiro atoms. The normalized spacial score (nSPS) is 17.5. The van der Waals surface area contributed by atoms with E-state index in [1.54, 1.807) is 0 Å². The van der Waals surface area contributed by atoms with Crippen molar-refractivity contribution in [3.8, 4) is 0 Å². The number of carbonyl (C=O) groups is 3. The fraction of sp³-hybridized carbons (Fsp3) is 0.700. The molecule has 0 aromatic heterocycles. The van der Waals surface area contributed by atoms with E-state index in [2.05, 4.69) is 0 Å². The number of ketones is 2. The van der Waals surface area contributed by atoms with Gasteiger partial charge in [-0.15, -0.1) is 0 Å². The molecule has 0 radical (unpaired) electrons. The van der Waals surface area contributed by atoms with Crippen LogP contribution in [0.4, 0.5) is 0 Å². The summed E-state index contributed by atoms with van der Waals surface area (Å²) in [5, 5.41) is 8.53. The van der Waals surface area contributed by atoms with Gasteiger partial charge in [-0.3, -0.25) is 9.59 Å². The molecule has 14 heavy (non-hydrogen) atoms. The number of Topliss-reactive ketones (excluding diaryl/α,β-unsaturated/α-hetero) is 2. The zero-order valence-corrected chi connectivity index (χ0v) is 8.21. The summed E-state index contributed by atoms with van der Waals surface area (Å²) >= 11 is 0. The van der Waals surface area contributed by atoms with Crippen LogP contribution in [0.2, 0.25) is 0 Å². The predicted molar refractivity (Wildman–Crippen MR) is 48.8 cm³/mol. The quantitative estimate of drug-likeness (QED) is 0.514. The number of aliphatic carboxylic acids is 1. The van der Waals surface area contributed by atoms with E-state index in [-0.39, 0.29) is 5.78 Å². The lowest BCUT2D eigenvalue weighted by Gasteiger charge is -2.08. The molecule has 1 fully saturated rings. The van der Waals surface area contributed by atoms with Gasteiger partial charge in [0, 0.05) is 6.42 Å². The highest BCUT2D eigenvalue weighted by Gasteiger charge is 2.57. The van der Waals surface area contributed by atoms with Gasteiger partial charge in [0.05, 0.1) is 5.41 Å². The van der Waals surface area contributed by atoms with Gasteiger partial charge < -0.3 is 5.11 Å². The average molecular weight is 198 g/mol. The highest BCUT2D eigenvalue weighted by atomic mass is 16.4. The second-order valence-electron chi connectivity index (χ2n) is 3.74. The molecule has 0 heterocycles. The summed E-state index contributed by atoms with van der Waals surface area (Å²) in [6, 6.07) is 0. The molecule has 0 aliphatic heterocycles. The molecule has 1 rings (SSSR count). The number of hydrogen-bond acceptors (Lipinski definition) is 3. The first-order valence-corrected chi connectivity index (χ1v) is 4.85. The van der Waals surface area contributed by atoms with Crippen LogP contribution in [0.15, 0.2) is 0 Å². The predicted octanol–water partition coefficient (Wildman–Crippen LogP) is 1.18. The average Bonchev–Trinajstić information content (AvgIpc) is 2.93. The summed E-state index contributed by atoms with van der Waals surface area (Å²) in [6.45, 7) is 1.95. The number of carbonyl (C=O) groups excluding carboxylic acids is 2. The first-order valence-electron chi connectivity index (χ1n) is 4.85. The van der Waals surface area contributed by atoms with Crippen LogP contribution in [0.25, 0.3) is 0 Å². The molecule has 78 valence electrons. The third kappa shape index (κ3) is 1.84. The van der Waals surface area contributed by atoms with Crippen LogP contribution in [0.3, 0.4) is 0 Å². The van der Waals surface area contributed by atoms with Crippen LogP contribution in [-0.2, 0) is 14.4 Å². The summed E-state index contributed by atoms with van der Waals surface area (Å²) in [4.78, 5) is 33.2. The summed E-state index contributed by atoms with van der Waals surface area (Å²) in [5.41, 5.74) is -1.14. The molecule has 0 saturated heterocycles. The second kappa shape index (κ2) is 3.90. The van der Waals surface area contributed by atoms with Gasteiger partial charge in [0.25, 0.3) is 5.78 Å². The van der Waals surface area contributed by atoms with Crippen molar-refractivity contribution in [3.63, 3.8) is 0 Å². The van der Waals surface area contributed by atoms with Gasteiger partial charge in [0.1, 0.15) is 5.78 Å². The van der Waals surface area contributed by atoms with E-state index in [1.165, 1.54) is 0 Å². The minimum Gasteiger partial charge on any atom is -0.475 e. The van der Waals surface area contributed by atoms with E-state index < -0.39 is 17.2 Å². The van der Waals surface area contributed by atoms with Gasteiger partial charge in [-0.05, 0) is 19.3 Å². The van der Waals surface area contributed by atoms with Crippen LogP contribution in [-0.4, -0.2) is 22.6 Å². The second-order valence-corrected chi connectivity index (χ2v) is 3.74. The summed E-state index contributed by atoms with van der Waals surface area (Å²) in [5.74, 6) is -2.59. The molecule has 0 amide bonds. The molecule has 1 N–H and O–H groups in total. The summed E-state index contributed by atoms with van der Waals surface area (Å²) in [7, 11) is 0. The maximum atomic E-state index is 11.5.